The summed E-state index contributed by atoms with van der Waals surface area (Å²) in [5, 5.41) is 8.36. The highest BCUT2D eigenvalue weighted by Crippen LogP contribution is 2.40. The Morgan fingerprint density at radius 2 is 0.907 bits per heavy atom. The van der Waals surface area contributed by atoms with E-state index in [0.29, 0.717) is 32.6 Å². The summed E-state index contributed by atoms with van der Waals surface area (Å²) in [6.45, 7) is 0. The Morgan fingerprint density at radius 3 is 1.35 bits per heavy atom. The fourth-order valence-corrected chi connectivity index (χ4v) is 9.80. The van der Waals surface area contributed by atoms with E-state index in [4.69, 9.17) is 4.74 Å². The van der Waals surface area contributed by atoms with Gasteiger partial charge in [-0.3, -0.25) is 9.59 Å². The molecule has 0 aliphatic rings. The highest BCUT2D eigenvalue weighted by molar-refractivity contribution is 7.34. The minimum atomic E-state index is -0.125. The number of ether oxygens (including phenoxy) is 1. The zero-order valence-electron chi connectivity index (χ0n) is 22.3. The van der Waals surface area contributed by atoms with Gasteiger partial charge in [0.1, 0.15) is 11.5 Å². The molecule has 0 fully saturated rings. The topological polar surface area (TPSA) is 67.4 Å². The molecule has 0 radical (unpaired) electrons. The largest absolute Gasteiger partial charge is 0.457 e. The maximum Gasteiger partial charge on any atom is 0.265 e. The number of nitrogens with one attached hydrogen (secondary N) is 2. The van der Waals surface area contributed by atoms with E-state index < -0.39 is 0 Å². The van der Waals surface area contributed by atoms with Gasteiger partial charge in [-0.1, -0.05) is 36.4 Å². The molecular formula is C34H20N2O3S4. The lowest BCUT2D eigenvalue weighted by atomic mass is 10.2. The van der Waals surface area contributed by atoms with E-state index in [9.17, 15) is 9.59 Å². The van der Waals surface area contributed by atoms with Crippen LogP contribution in [0.15, 0.2) is 109 Å². The summed E-state index contributed by atoms with van der Waals surface area (Å²) in [6, 6.07) is 35.0. The summed E-state index contributed by atoms with van der Waals surface area (Å²) < 4.78 is 13.0. The van der Waals surface area contributed by atoms with Gasteiger partial charge in [0.25, 0.3) is 11.8 Å². The lowest BCUT2D eigenvalue weighted by Gasteiger charge is -2.09. The molecule has 0 aliphatic carbocycles. The molecule has 8 aromatic rings. The molecule has 0 saturated carbocycles. The molecule has 8 rings (SSSR count). The Labute approximate surface area is 261 Å². The van der Waals surface area contributed by atoms with Crippen LogP contribution in [0.2, 0.25) is 0 Å². The number of hydrogen-bond donors (Lipinski definition) is 2. The minimum Gasteiger partial charge on any atom is -0.457 e. The van der Waals surface area contributed by atoms with Crippen molar-refractivity contribution >= 4 is 108 Å². The normalized spacial score (nSPS) is 11.4. The molecule has 9 heteroatoms. The van der Waals surface area contributed by atoms with Crippen LogP contribution >= 0.6 is 45.3 Å². The van der Waals surface area contributed by atoms with Crippen molar-refractivity contribution in [2.24, 2.45) is 0 Å². The molecule has 2 amide bonds. The van der Waals surface area contributed by atoms with Gasteiger partial charge in [0.05, 0.1) is 19.2 Å². The first-order chi connectivity index (χ1) is 21.1. The second kappa shape index (κ2) is 10.6. The van der Waals surface area contributed by atoms with Crippen molar-refractivity contribution in [1.82, 2.24) is 0 Å². The van der Waals surface area contributed by atoms with Crippen molar-refractivity contribution in [2.75, 3.05) is 10.6 Å². The fraction of sp³-hybridized carbons (Fsp3) is 0. The molecule has 208 valence electrons. The number of hydrogen-bond acceptors (Lipinski definition) is 7. The monoisotopic (exact) mass is 632 g/mol. The van der Waals surface area contributed by atoms with Crippen LogP contribution < -0.4 is 15.4 Å². The molecular weight excluding hydrogens is 613 g/mol. The smallest absolute Gasteiger partial charge is 0.265 e. The molecule has 0 unspecified atom stereocenters. The molecule has 4 aromatic carbocycles. The van der Waals surface area contributed by atoms with Crippen LogP contribution in [-0.4, -0.2) is 11.8 Å². The van der Waals surface area contributed by atoms with Crippen molar-refractivity contribution in [3.05, 3.63) is 119 Å². The van der Waals surface area contributed by atoms with Crippen LogP contribution in [0.25, 0.3) is 39.0 Å². The van der Waals surface area contributed by atoms with Crippen LogP contribution in [0.5, 0.6) is 11.5 Å². The maximum atomic E-state index is 12.9. The number of thiophene rings is 4. The highest BCUT2D eigenvalue weighted by atomic mass is 32.1. The zero-order valence-corrected chi connectivity index (χ0v) is 25.5. The Morgan fingerprint density at radius 1 is 0.488 bits per heavy atom. The summed E-state index contributed by atoms with van der Waals surface area (Å²) >= 11 is 6.45. The number of carbonyl (C=O) groups excluding carboxylic acids is 2. The first-order valence-corrected chi connectivity index (χ1v) is 16.7. The third-order valence-electron chi connectivity index (χ3n) is 7.01. The average molecular weight is 633 g/mol. The van der Waals surface area contributed by atoms with E-state index >= 15 is 0 Å². The van der Waals surface area contributed by atoms with Gasteiger partial charge < -0.3 is 15.4 Å². The van der Waals surface area contributed by atoms with Crippen molar-refractivity contribution in [3.8, 4) is 11.5 Å². The predicted molar refractivity (Wildman–Crippen MR) is 183 cm³/mol. The maximum absolute atomic E-state index is 12.9. The second-order valence-electron chi connectivity index (χ2n) is 9.86. The number of anilines is 2. The zero-order chi connectivity index (χ0) is 28.9. The Kier molecular flexibility index (Phi) is 6.45. The number of rotatable bonds is 6. The summed E-state index contributed by atoms with van der Waals surface area (Å²) in [7, 11) is 0. The lowest BCUT2D eigenvalue weighted by Crippen LogP contribution is -2.10. The molecule has 0 atom stereocenters. The van der Waals surface area contributed by atoms with Crippen LogP contribution in [0.1, 0.15) is 19.3 Å². The van der Waals surface area contributed by atoms with Crippen molar-refractivity contribution < 1.29 is 14.3 Å². The molecule has 5 nitrogen and oxygen atoms in total. The average Bonchev–Trinajstić information content (AvgIpc) is 3.78. The van der Waals surface area contributed by atoms with Gasteiger partial charge in [0.15, 0.2) is 0 Å². The number of benzene rings is 4. The molecule has 43 heavy (non-hydrogen) atoms. The molecule has 0 aliphatic heterocycles. The van der Waals surface area contributed by atoms with Gasteiger partial charge in [-0.15, -0.1) is 45.3 Å². The van der Waals surface area contributed by atoms with E-state index in [1.54, 1.807) is 22.7 Å². The molecule has 2 N–H and O–H groups in total. The molecule has 0 spiro atoms. The fourth-order valence-electron chi connectivity index (χ4n) is 4.96. The first-order valence-electron chi connectivity index (χ1n) is 13.4. The van der Waals surface area contributed by atoms with Gasteiger partial charge in [0.2, 0.25) is 0 Å². The Balaban J connectivity index is 0.897. The van der Waals surface area contributed by atoms with Crippen LogP contribution in [-0.2, 0) is 0 Å². The predicted octanol–water partition coefficient (Wildman–Crippen LogP) is 10.8. The summed E-state index contributed by atoms with van der Waals surface area (Å²) in [6.07, 6.45) is 0. The number of carbonyl (C=O) groups is 2. The van der Waals surface area contributed by atoms with Crippen LogP contribution in [0, 0.1) is 0 Å². The molecule has 0 saturated heterocycles. The standard InChI is InChI=1S/C34H20N2O3S4/c37-33(29-17-27-31(42-29)23-5-1-3-7-25(23)40-27)35-19-9-13-21(14-10-19)39-22-15-11-20(12-16-22)36-34(38)30-18-28-32(43-30)24-6-2-4-8-26(24)41-28/h1-18H,(H,35,37)(H,36,38). The van der Waals surface area contributed by atoms with Crippen molar-refractivity contribution in [1.29, 1.82) is 0 Å². The van der Waals surface area contributed by atoms with Crippen molar-refractivity contribution in [3.63, 3.8) is 0 Å². The van der Waals surface area contributed by atoms with E-state index in [1.807, 2.05) is 84.9 Å². The van der Waals surface area contributed by atoms with E-state index in [1.165, 1.54) is 42.8 Å². The van der Waals surface area contributed by atoms with Gasteiger partial charge in [-0.2, -0.15) is 0 Å². The number of amides is 2. The summed E-state index contributed by atoms with van der Waals surface area (Å²) in [5.41, 5.74) is 1.39. The van der Waals surface area contributed by atoms with Crippen LogP contribution in [0.3, 0.4) is 0 Å². The van der Waals surface area contributed by atoms with Gasteiger partial charge >= 0.3 is 0 Å². The first kappa shape index (κ1) is 26.1. The number of fused-ring (bicyclic) bond motifs is 6. The lowest BCUT2D eigenvalue weighted by molar-refractivity contribution is 0.102. The van der Waals surface area contributed by atoms with Gasteiger partial charge in [-0.25, -0.2) is 0 Å². The van der Waals surface area contributed by atoms with Crippen molar-refractivity contribution in [2.45, 2.75) is 0 Å². The minimum absolute atomic E-state index is 0.125. The molecule has 0 bridgehead atoms. The third kappa shape index (κ3) is 4.96. The quantitative estimate of drug-likeness (QED) is 0.192. The molecule has 4 heterocycles. The van der Waals surface area contributed by atoms with E-state index in [2.05, 4.69) is 34.9 Å². The summed E-state index contributed by atoms with van der Waals surface area (Å²) in [5.74, 6) is 1.03. The third-order valence-corrected chi connectivity index (χ3v) is 11.8. The second-order valence-corrected chi connectivity index (χ2v) is 14.1. The Hall–Kier alpha value is -4.54. The highest BCUT2D eigenvalue weighted by Gasteiger charge is 2.16. The SMILES string of the molecule is O=C(Nc1ccc(Oc2ccc(NC(=O)c3cc4sc5ccccc5c4s3)cc2)cc1)c1cc2sc3ccccc3c2s1. The van der Waals surface area contributed by atoms with Gasteiger partial charge in [0, 0.05) is 40.9 Å². The van der Waals surface area contributed by atoms with E-state index in [0.717, 1.165) is 18.8 Å². The Bertz CT molecular complexity index is 2140. The van der Waals surface area contributed by atoms with Crippen LogP contribution in [0.4, 0.5) is 11.4 Å². The van der Waals surface area contributed by atoms with Gasteiger partial charge in [-0.05, 0) is 72.8 Å². The molecule has 4 aromatic heterocycles. The van der Waals surface area contributed by atoms with E-state index in [-0.39, 0.29) is 11.8 Å². The summed E-state index contributed by atoms with van der Waals surface area (Å²) in [4.78, 5) is 27.2.